The fourth-order valence-corrected chi connectivity index (χ4v) is 1.52. The standard InChI is InChI=1S/C9H23N5S/c1-15-6-2-4-13-7-8(10)3-5-14-9(11)12/h8,13H,2-7,10H2,1H3,(H4,11,12,14). The molecule has 90 valence electrons. The molecule has 0 aromatic heterocycles. The highest BCUT2D eigenvalue weighted by atomic mass is 32.2. The second kappa shape index (κ2) is 10.1. The van der Waals surface area contributed by atoms with Crippen LogP contribution in [-0.2, 0) is 0 Å². The van der Waals surface area contributed by atoms with E-state index in [1.165, 1.54) is 12.2 Å². The van der Waals surface area contributed by atoms with E-state index in [9.17, 15) is 0 Å². The Bertz CT molecular complexity index is 170. The number of nitrogens with zero attached hydrogens (tertiary/aromatic N) is 1. The Morgan fingerprint density at radius 1 is 1.47 bits per heavy atom. The molecule has 0 aliphatic carbocycles. The Hall–Kier alpha value is -0.460. The molecule has 0 fully saturated rings. The number of guanidine groups is 1. The molecule has 15 heavy (non-hydrogen) atoms. The molecule has 1 atom stereocenters. The highest BCUT2D eigenvalue weighted by molar-refractivity contribution is 7.98. The summed E-state index contributed by atoms with van der Waals surface area (Å²) < 4.78 is 0. The minimum Gasteiger partial charge on any atom is -0.370 e. The molecule has 0 bridgehead atoms. The maximum Gasteiger partial charge on any atom is 0.185 e. The summed E-state index contributed by atoms with van der Waals surface area (Å²) in [5, 5.41) is 3.31. The van der Waals surface area contributed by atoms with Gasteiger partial charge in [-0.1, -0.05) is 0 Å². The number of hydrogen-bond acceptors (Lipinski definition) is 4. The Kier molecular flexibility index (Phi) is 9.76. The van der Waals surface area contributed by atoms with Crippen LogP contribution >= 0.6 is 11.8 Å². The predicted octanol–water partition coefficient (Wildman–Crippen LogP) is -0.680. The Morgan fingerprint density at radius 3 is 2.80 bits per heavy atom. The van der Waals surface area contributed by atoms with Crippen molar-refractivity contribution in [3.8, 4) is 0 Å². The molecule has 0 aromatic carbocycles. The second-order valence-electron chi connectivity index (χ2n) is 3.41. The van der Waals surface area contributed by atoms with Crippen LogP contribution in [0.3, 0.4) is 0 Å². The molecular weight excluding hydrogens is 210 g/mol. The van der Waals surface area contributed by atoms with Gasteiger partial charge in [-0.15, -0.1) is 0 Å². The first kappa shape index (κ1) is 14.5. The average molecular weight is 233 g/mol. The van der Waals surface area contributed by atoms with Gasteiger partial charge in [0.2, 0.25) is 0 Å². The zero-order chi connectivity index (χ0) is 11.5. The van der Waals surface area contributed by atoms with Crippen LogP contribution in [0, 0.1) is 0 Å². The van der Waals surface area contributed by atoms with Gasteiger partial charge in [-0.2, -0.15) is 11.8 Å². The number of rotatable bonds is 9. The fraction of sp³-hybridized carbons (Fsp3) is 0.889. The van der Waals surface area contributed by atoms with Gasteiger partial charge >= 0.3 is 0 Å². The first-order valence-corrected chi connectivity index (χ1v) is 6.56. The zero-order valence-corrected chi connectivity index (χ0v) is 10.2. The molecular formula is C9H23N5S. The van der Waals surface area contributed by atoms with Gasteiger partial charge in [0.1, 0.15) is 0 Å². The smallest absolute Gasteiger partial charge is 0.185 e. The van der Waals surface area contributed by atoms with Crippen molar-refractivity contribution in [1.29, 1.82) is 0 Å². The zero-order valence-electron chi connectivity index (χ0n) is 9.41. The lowest BCUT2D eigenvalue weighted by atomic mass is 10.2. The van der Waals surface area contributed by atoms with E-state index in [0.717, 1.165) is 19.5 Å². The van der Waals surface area contributed by atoms with Crippen molar-refractivity contribution in [3.63, 3.8) is 0 Å². The van der Waals surface area contributed by atoms with Crippen molar-refractivity contribution >= 4 is 17.7 Å². The summed E-state index contributed by atoms with van der Waals surface area (Å²) >= 11 is 1.86. The summed E-state index contributed by atoms with van der Waals surface area (Å²) in [6, 6.07) is 0.127. The molecule has 0 aliphatic rings. The molecule has 0 aliphatic heterocycles. The average Bonchev–Trinajstić information content (AvgIpc) is 2.17. The molecule has 0 heterocycles. The first-order chi connectivity index (χ1) is 7.16. The van der Waals surface area contributed by atoms with E-state index in [2.05, 4.69) is 16.6 Å². The van der Waals surface area contributed by atoms with Crippen molar-refractivity contribution in [2.24, 2.45) is 22.2 Å². The van der Waals surface area contributed by atoms with E-state index in [1.807, 2.05) is 11.8 Å². The van der Waals surface area contributed by atoms with Gasteiger partial charge in [0.05, 0.1) is 0 Å². The summed E-state index contributed by atoms with van der Waals surface area (Å²) in [7, 11) is 0. The maximum absolute atomic E-state index is 5.86. The number of hydrogen-bond donors (Lipinski definition) is 4. The van der Waals surface area contributed by atoms with E-state index in [-0.39, 0.29) is 12.0 Å². The van der Waals surface area contributed by atoms with Crippen LogP contribution < -0.4 is 22.5 Å². The van der Waals surface area contributed by atoms with Crippen LogP contribution in [0.15, 0.2) is 4.99 Å². The van der Waals surface area contributed by atoms with Crippen molar-refractivity contribution in [2.45, 2.75) is 18.9 Å². The van der Waals surface area contributed by atoms with Crippen LogP contribution in [0.2, 0.25) is 0 Å². The van der Waals surface area contributed by atoms with Gasteiger partial charge in [0, 0.05) is 19.1 Å². The second-order valence-corrected chi connectivity index (χ2v) is 4.39. The van der Waals surface area contributed by atoms with Gasteiger partial charge in [-0.05, 0) is 31.4 Å². The van der Waals surface area contributed by atoms with Gasteiger partial charge in [0.15, 0.2) is 5.96 Å². The molecule has 0 aromatic rings. The molecule has 6 heteroatoms. The number of thioether (sulfide) groups is 1. The van der Waals surface area contributed by atoms with Crippen LogP contribution in [0.25, 0.3) is 0 Å². The Balaban J connectivity index is 3.26. The number of aliphatic imine (C=N–C) groups is 1. The monoisotopic (exact) mass is 233 g/mol. The van der Waals surface area contributed by atoms with E-state index < -0.39 is 0 Å². The summed E-state index contributed by atoms with van der Waals surface area (Å²) in [6.45, 7) is 2.46. The molecule has 0 saturated heterocycles. The van der Waals surface area contributed by atoms with Gasteiger partial charge < -0.3 is 22.5 Å². The van der Waals surface area contributed by atoms with E-state index in [0.29, 0.717) is 6.54 Å². The molecule has 0 radical (unpaired) electrons. The largest absolute Gasteiger partial charge is 0.370 e. The lowest BCUT2D eigenvalue weighted by molar-refractivity contribution is 0.549. The summed E-state index contributed by atoms with van der Waals surface area (Å²) in [4.78, 5) is 3.88. The van der Waals surface area contributed by atoms with Crippen LogP contribution in [0.1, 0.15) is 12.8 Å². The topological polar surface area (TPSA) is 102 Å². The highest BCUT2D eigenvalue weighted by Gasteiger charge is 2.00. The van der Waals surface area contributed by atoms with E-state index in [4.69, 9.17) is 17.2 Å². The van der Waals surface area contributed by atoms with Crippen LogP contribution in [0.5, 0.6) is 0 Å². The molecule has 0 rings (SSSR count). The summed E-state index contributed by atoms with van der Waals surface area (Å²) in [6.07, 6.45) is 4.11. The SMILES string of the molecule is CSCCCNCC(N)CCN=C(N)N. The van der Waals surface area contributed by atoms with E-state index in [1.54, 1.807) is 0 Å². The third-order valence-electron chi connectivity index (χ3n) is 1.90. The van der Waals surface area contributed by atoms with Gasteiger partial charge in [0.25, 0.3) is 0 Å². The van der Waals surface area contributed by atoms with Crippen LogP contribution in [-0.4, -0.2) is 43.6 Å². The Labute approximate surface area is 96.2 Å². The van der Waals surface area contributed by atoms with Crippen molar-refractivity contribution in [1.82, 2.24) is 5.32 Å². The molecule has 0 saturated carbocycles. The molecule has 0 spiro atoms. The van der Waals surface area contributed by atoms with Crippen molar-refractivity contribution in [2.75, 3.05) is 31.6 Å². The first-order valence-electron chi connectivity index (χ1n) is 5.17. The van der Waals surface area contributed by atoms with Gasteiger partial charge in [-0.25, -0.2) is 0 Å². The molecule has 7 N–H and O–H groups in total. The molecule has 1 unspecified atom stereocenters. The van der Waals surface area contributed by atoms with Crippen molar-refractivity contribution in [3.05, 3.63) is 0 Å². The fourth-order valence-electron chi connectivity index (χ4n) is 1.09. The van der Waals surface area contributed by atoms with E-state index >= 15 is 0 Å². The number of nitrogens with one attached hydrogen (secondary N) is 1. The normalized spacial score (nSPS) is 12.4. The Morgan fingerprint density at radius 2 is 2.20 bits per heavy atom. The number of nitrogens with two attached hydrogens (primary N) is 3. The summed E-state index contributed by atoms with van der Waals surface area (Å²) in [5.74, 6) is 1.33. The van der Waals surface area contributed by atoms with Gasteiger partial charge in [-0.3, -0.25) is 4.99 Å². The molecule has 0 amide bonds. The third kappa shape index (κ3) is 11.5. The summed E-state index contributed by atoms with van der Waals surface area (Å²) in [5.41, 5.74) is 16.3. The molecule has 5 nitrogen and oxygen atoms in total. The lowest BCUT2D eigenvalue weighted by Gasteiger charge is -2.11. The van der Waals surface area contributed by atoms with Crippen LogP contribution in [0.4, 0.5) is 0 Å². The minimum absolute atomic E-state index is 0.127. The minimum atomic E-state index is 0.127. The highest BCUT2D eigenvalue weighted by Crippen LogP contribution is 1.93. The predicted molar refractivity (Wildman–Crippen MR) is 69.1 cm³/mol. The maximum atomic E-state index is 5.86. The quantitative estimate of drug-likeness (QED) is 0.240. The van der Waals surface area contributed by atoms with Crippen molar-refractivity contribution < 1.29 is 0 Å². The lowest BCUT2D eigenvalue weighted by Crippen LogP contribution is -2.35. The third-order valence-corrected chi connectivity index (χ3v) is 2.60.